The van der Waals surface area contributed by atoms with E-state index in [2.05, 4.69) is 51.6 Å². The smallest absolute Gasteiger partial charge is 0.227 e. The second-order valence-corrected chi connectivity index (χ2v) is 10.2. The molecule has 1 amide bonds. The summed E-state index contributed by atoms with van der Waals surface area (Å²) in [5.41, 5.74) is 3.42. The van der Waals surface area contributed by atoms with Crippen LogP contribution in [0.5, 0.6) is 0 Å². The van der Waals surface area contributed by atoms with E-state index in [0.29, 0.717) is 19.3 Å². The molecule has 1 unspecified atom stereocenters. The van der Waals surface area contributed by atoms with Crippen molar-refractivity contribution in [3.63, 3.8) is 0 Å². The Labute approximate surface area is 215 Å². The molecular weight excluding hydrogens is 450 g/mol. The number of carbonyl (C=O) groups is 2. The van der Waals surface area contributed by atoms with Crippen LogP contribution in [0.1, 0.15) is 34.8 Å². The van der Waals surface area contributed by atoms with Gasteiger partial charge in [0.2, 0.25) is 5.91 Å². The summed E-state index contributed by atoms with van der Waals surface area (Å²) in [5, 5.41) is 6.67. The molecule has 0 bridgehead atoms. The van der Waals surface area contributed by atoms with Gasteiger partial charge in [-0.25, -0.2) is 0 Å². The Morgan fingerprint density at radius 3 is 1.94 bits per heavy atom. The minimum absolute atomic E-state index is 0.153. The molecule has 2 saturated heterocycles. The van der Waals surface area contributed by atoms with E-state index in [1.165, 1.54) is 5.69 Å². The molecule has 2 aromatic carbocycles. The number of likely N-dealkylation sites (N-methyl/N-ethyl adjacent to an activating group) is 1. The third-order valence-electron chi connectivity index (χ3n) is 7.82. The van der Waals surface area contributed by atoms with Gasteiger partial charge in [0, 0.05) is 63.6 Å². The molecule has 2 heterocycles. The zero-order valence-corrected chi connectivity index (χ0v) is 22.1. The van der Waals surface area contributed by atoms with Crippen molar-refractivity contribution in [1.29, 1.82) is 0 Å². The summed E-state index contributed by atoms with van der Waals surface area (Å²) >= 11 is 0. The summed E-state index contributed by atoms with van der Waals surface area (Å²) in [7, 11) is 3.99. The number of nitrogens with zero attached hydrogens (tertiary/aromatic N) is 3. The molecule has 2 aliphatic rings. The number of amides is 1. The number of hydrogen-bond acceptors (Lipinski definition) is 6. The third-order valence-corrected chi connectivity index (χ3v) is 7.82. The minimum Gasteiger partial charge on any atom is -0.369 e. The fourth-order valence-corrected chi connectivity index (χ4v) is 5.37. The van der Waals surface area contributed by atoms with Gasteiger partial charge < -0.3 is 20.4 Å². The highest BCUT2D eigenvalue weighted by atomic mass is 16.2. The van der Waals surface area contributed by atoms with Crippen LogP contribution >= 0.6 is 0 Å². The Hall–Kier alpha value is -2.74. The van der Waals surface area contributed by atoms with Gasteiger partial charge in [-0.3, -0.25) is 14.5 Å². The van der Waals surface area contributed by atoms with Gasteiger partial charge in [0.05, 0.1) is 12.0 Å². The van der Waals surface area contributed by atoms with Crippen molar-refractivity contribution in [2.75, 3.05) is 71.4 Å². The summed E-state index contributed by atoms with van der Waals surface area (Å²) in [6.07, 6.45) is 1.76. The van der Waals surface area contributed by atoms with Crippen molar-refractivity contribution in [3.8, 4) is 0 Å². The molecule has 0 radical (unpaired) electrons. The van der Waals surface area contributed by atoms with Crippen LogP contribution in [0, 0.1) is 0 Å². The molecule has 0 aromatic heterocycles. The zero-order valence-electron chi connectivity index (χ0n) is 22.1. The first-order chi connectivity index (χ1) is 17.4. The lowest BCUT2D eigenvalue weighted by atomic mass is 9.80. The van der Waals surface area contributed by atoms with E-state index in [1.54, 1.807) is 0 Å². The number of piperazine rings is 2. The van der Waals surface area contributed by atoms with Gasteiger partial charge in [-0.05, 0) is 62.3 Å². The van der Waals surface area contributed by atoms with Gasteiger partial charge in [0.1, 0.15) is 0 Å². The van der Waals surface area contributed by atoms with E-state index in [1.807, 2.05) is 43.3 Å². The average Bonchev–Trinajstić information content (AvgIpc) is 2.93. The fraction of sp³-hybridized carbons (Fsp3) is 0.517. The number of anilines is 1. The Kier molecular flexibility index (Phi) is 8.77. The second-order valence-electron chi connectivity index (χ2n) is 10.2. The van der Waals surface area contributed by atoms with Crippen LogP contribution in [-0.2, 0) is 17.6 Å². The number of nitrogens with one attached hydrogen (secondary N) is 2. The number of Topliss-reactive ketones (excluding diaryl/α,β-unsaturated/α-hetero) is 1. The molecule has 2 aliphatic heterocycles. The van der Waals surface area contributed by atoms with E-state index < -0.39 is 5.54 Å². The van der Waals surface area contributed by atoms with Crippen LogP contribution in [0.2, 0.25) is 0 Å². The van der Waals surface area contributed by atoms with Crippen LogP contribution in [0.25, 0.3) is 0 Å². The lowest BCUT2D eigenvalue weighted by molar-refractivity contribution is -0.131. The van der Waals surface area contributed by atoms with Gasteiger partial charge >= 0.3 is 0 Å². The van der Waals surface area contributed by atoms with Gasteiger partial charge in [-0.15, -0.1) is 0 Å². The zero-order chi connectivity index (χ0) is 25.5. The topological polar surface area (TPSA) is 67.9 Å². The third kappa shape index (κ3) is 5.97. The predicted octanol–water partition coefficient (Wildman–Crippen LogP) is 2.21. The second kappa shape index (κ2) is 12.0. The summed E-state index contributed by atoms with van der Waals surface area (Å²) in [5.74, 6) is 0.333. The average molecular weight is 492 g/mol. The Bertz CT molecular complexity index is 1010. The molecule has 194 valence electrons. The molecule has 2 aromatic rings. The molecule has 4 rings (SSSR count). The molecule has 7 nitrogen and oxygen atoms in total. The van der Waals surface area contributed by atoms with Crippen molar-refractivity contribution in [2.45, 2.75) is 31.7 Å². The molecule has 2 N–H and O–H groups in total. The molecule has 2 fully saturated rings. The first kappa shape index (κ1) is 26.3. The maximum Gasteiger partial charge on any atom is 0.227 e. The molecular formula is C29H41N5O2. The first-order valence-electron chi connectivity index (χ1n) is 13.3. The van der Waals surface area contributed by atoms with E-state index in [0.717, 1.165) is 69.0 Å². The van der Waals surface area contributed by atoms with Crippen molar-refractivity contribution in [3.05, 3.63) is 65.2 Å². The SMILES string of the molecule is CCC(Cc1ccc(CC(=O)N2CCNCC2)cc1)(C(=O)c1ccc(N2CCNCC2)cc1)N(C)C. The lowest BCUT2D eigenvalue weighted by Gasteiger charge is -2.38. The number of hydrogen-bond donors (Lipinski definition) is 2. The Morgan fingerprint density at radius 2 is 1.39 bits per heavy atom. The van der Waals surface area contributed by atoms with Crippen molar-refractivity contribution in [2.24, 2.45) is 0 Å². The molecule has 0 aliphatic carbocycles. The summed E-state index contributed by atoms with van der Waals surface area (Å²) in [4.78, 5) is 32.9. The number of rotatable bonds is 9. The van der Waals surface area contributed by atoms with Crippen LogP contribution in [0.3, 0.4) is 0 Å². The van der Waals surface area contributed by atoms with Crippen molar-refractivity contribution in [1.82, 2.24) is 20.4 Å². The largest absolute Gasteiger partial charge is 0.369 e. The molecule has 0 spiro atoms. The highest BCUT2D eigenvalue weighted by Gasteiger charge is 2.39. The summed E-state index contributed by atoms with van der Waals surface area (Å²) < 4.78 is 0. The molecule has 36 heavy (non-hydrogen) atoms. The van der Waals surface area contributed by atoms with Crippen LogP contribution in [0.15, 0.2) is 48.5 Å². The fourth-order valence-electron chi connectivity index (χ4n) is 5.37. The maximum atomic E-state index is 13.9. The first-order valence-corrected chi connectivity index (χ1v) is 13.3. The Morgan fingerprint density at radius 1 is 0.833 bits per heavy atom. The Balaban J connectivity index is 1.46. The van der Waals surface area contributed by atoms with E-state index >= 15 is 0 Å². The molecule has 7 heteroatoms. The molecule has 1 atom stereocenters. The van der Waals surface area contributed by atoms with E-state index in [9.17, 15) is 9.59 Å². The van der Waals surface area contributed by atoms with Gasteiger partial charge in [-0.1, -0.05) is 31.2 Å². The van der Waals surface area contributed by atoms with Crippen LogP contribution in [-0.4, -0.2) is 93.5 Å². The number of carbonyl (C=O) groups excluding carboxylic acids is 2. The normalized spacial score (nSPS) is 18.2. The lowest BCUT2D eigenvalue weighted by Crippen LogP contribution is -2.52. The van der Waals surface area contributed by atoms with Gasteiger partial charge in [-0.2, -0.15) is 0 Å². The highest BCUT2D eigenvalue weighted by Crippen LogP contribution is 2.29. The monoisotopic (exact) mass is 491 g/mol. The van der Waals surface area contributed by atoms with E-state index in [-0.39, 0.29) is 11.7 Å². The van der Waals surface area contributed by atoms with Gasteiger partial charge in [0.15, 0.2) is 5.78 Å². The standard InChI is InChI=1S/C29H41N5O2/c1-4-29(32(2)3,28(36)25-9-11-26(12-10-25)33-17-13-30-14-18-33)22-24-7-5-23(6-8-24)21-27(35)34-19-15-31-16-20-34/h5-12,30-31H,4,13-22H2,1-3H3. The maximum absolute atomic E-state index is 13.9. The summed E-state index contributed by atoms with van der Waals surface area (Å²) in [6.45, 7) is 9.32. The number of benzene rings is 2. The van der Waals surface area contributed by atoms with Crippen molar-refractivity contribution < 1.29 is 9.59 Å². The van der Waals surface area contributed by atoms with Crippen LogP contribution in [0.4, 0.5) is 5.69 Å². The van der Waals surface area contributed by atoms with Gasteiger partial charge in [0.25, 0.3) is 0 Å². The predicted molar refractivity (Wildman–Crippen MR) is 146 cm³/mol. The molecule has 0 saturated carbocycles. The number of ketones is 1. The quantitative estimate of drug-likeness (QED) is 0.525. The summed E-state index contributed by atoms with van der Waals surface area (Å²) in [6, 6.07) is 16.4. The van der Waals surface area contributed by atoms with Crippen LogP contribution < -0.4 is 15.5 Å². The highest BCUT2D eigenvalue weighted by molar-refractivity contribution is 6.03. The van der Waals surface area contributed by atoms with Crippen molar-refractivity contribution >= 4 is 17.4 Å². The minimum atomic E-state index is -0.630. The van der Waals surface area contributed by atoms with E-state index in [4.69, 9.17) is 0 Å².